The monoisotopic (exact) mass is 274 g/mol. The summed E-state index contributed by atoms with van der Waals surface area (Å²) >= 11 is 1.72. The van der Waals surface area contributed by atoms with Crippen LogP contribution in [-0.4, -0.2) is 26.4 Å². The molecule has 19 heavy (non-hydrogen) atoms. The maximum atomic E-state index is 12.3. The second-order valence-electron chi connectivity index (χ2n) is 4.50. The van der Waals surface area contributed by atoms with E-state index in [0.29, 0.717) is 11.8 Å². The molecule has 0 spiro atoms. The Kier molecular flexibility index (Phi) is 3.02. The van der Waals surface area contributed by atoms with E-state index in [-0.39, 0.29) is 11.8 Å². The molecule has 2 aromatic rings. The second-order valence-corrected chi connectivity index (χ2v) is 5.56. The zero-order valence-electron chi connectivity index (χ0n) is 10.8. The Bertz CT molecular complexity index is 637. The van der Waals surface area contributed by atoms with E-state index < -0.39 is 0 Å². The number of rotatable bonds is 2. The van der Waals surface area contributed by atoms with Crippen LogP contribution in [0, 0.1) is 6.92 Å². The van der Waals surface area contributed by atoms with E-state index in [9.17, 15) is 4.79 Å². The third-order valence-electron chi connectivity index (χ3n) is 3.12. The fourth-order valence-corrected chi connectivity index (χ4v) is 3.43. The molecule has 6 heteroatoms. The predicted molar refractivity (Wildman–Crippen MR) is 74.3 cm³/mol. The number of amides is 1. The van der Waals surface area contributed by atoms with Crippen LogP contribution in [-0.2, 0) is 11.8 Å². The molecule has 1 N–H and O–H groups in total. The molecule has 1 aliphatic heterocycles. The summed E-state index contributed by atoms with van der Waals surface area (Å²) in [5.74, 6) is 1.80. The first kappa shape index (κ1) is 12.2. The average molecular weight is 274 g/mol. The Morgan fingerprint density at radius 1 is 1.47 bits per heavy atom. The van der Waals surface area contributed by atoms with Gasteiger partial charge in [-0.3, -0.25) is 10.1 Å². The number of nitrogens with one attached hydrogen (secondary N) is 1. The number of aromatic nitrogens is 3. The Morgan fingerprint density at radius 3 is 3.00 bits per heavy atom. The highest BCUT2D eigenvalue weighted by molar-refractivity contribution is 7.99. The van der Waals surface area contributed by atoms with Gasteiger partial charge in [0.2, 0.25) is 11.9 Å². The number of fused-ring (bicyclic) bond motifs is 1. The maximum absolute atomic E-state index is 12.3. The van der Waals surface area contributed by atoms with E-state index in [4.69, 9.17) is 0 Å². The minimum absolute atomic E-state index is 0.0204. The zero-order chi connectivity index (χ0) is 13.4. The summed E-state index contributed by atoms with van der Waals surface area (Å²) in [6.45, 7) is 1.80. The minimum Gasteiger partial charge on any atom is -0.294 e. The smallest absolute Gasteiger partial charge is 0.235 e. The van der Waals surface area contributed by atoms with Crippen LogP contribution in [0.4, 0.5) is 5.95 Å². The number of hydrogen-bond acceptors (Lipinski definition) is 4. The summed E-state index contributed by atoms with van der Waals surface area (Å²) in [4.78, 5) is 17.7. The number of carbonyl (C=O) groups is 1. The molecule has 0 saturated carbocycles. The third-order valence-corrected chi connectivity index (χ3v) is 4.30. The van der Waals surface area contributed by atoms with Crippen LogP contribution in [0.3, 0.4) is 0 Å². The minimum atomic E-state index is -0.113. The van der Waals surface area contributed by atoms with Crippen molar-refractivity contribution in [2.75, 3.05) is 11.1 Å². The number of benzene rings is 1. The number of nitrogens with zero attached hydrogens (tertiary/aromatic N) is 3. The van der Waals surface area contributed by atoms with Gasteiger partial charge in [-0.1, -0.05) is 18.2 Å². The summed E-state index contributed by atoms with van der Waals surface area (Å²) in [5, 5.41) is 6.97. The SMILES string of the molecule is Cc1nc(NC(=O)[C@@H]2CSc3ccccc32)n(C)n1. The zero-order valence-corrected chi connectivity index (χ0v) is 11.6. The Hall–Kier alpha value is -1.82. The molecule has 0 radical (unpaired) electrons. The van der Waals surface area contributed by atoms with Gasteiger partial charge >= 0.3 is 0 Å². The standard InChI is InChI=1S/C13H14N4OS/c1-8-14-13(17(2)16-8)15-12(18)10-7-19-11-6-4-3-5-9(10)11/h3-6,10H,7H2,1-2H3,(H,14,15,16,18)/t10-/m1/s1. The molecule has 5 nitrogen and oxygen atoms in total. The first-order valence-electron chi connectivity index (χ1n) is 6.05. The normalized spacial score (nSPS) is 17.3. The molecule has 1 atom stereocenters. The van der Waals surface area contributed by atoms with Gasteiger partial charge in [0.25, 0.3) is 0 Å². The van der Waals surface area contributed by atoms with Crippen molar-refractivity contribution in [1.82, 2.24) is 14.8 Å². The highest BCUT2D eigenvalue weighted by Gasteiger charge is 2.29. The van der Waals surface area contributed by atoms with Crippen LogP contribution in [0.5, 0.6) is 0 Å². The van der Waals surface area contributed by atoms with E-state index in [1.54, 1.807) is 30.4 Å². The molecule has 0 unspecified atom stereocenters. The quantitative estimate of drug-likeness (QED) is 0.909. The number of anilines is 1. The lowest BCUT2D eigenvalue weighted by Gasteiger charge is -2.10. The van der Waals surface area contributed by atoms with Gasteiger partial charge in [0.1, 0.15) is 5.82 Å². The first-order valence-corrected chi connectivity index (χ1v) is 7.04. The molecule has 1 aromatic carbocycles. The largest absolute Gasteiger partial charge is 0.294 e. The van der Waals surface area contributed by atoms with Gasteiger partial charge < -0.3 is 0 Å². The molecule has 0 saturated heterocycles. The van der Waals surface area contributed by atoms with Gasteiger partial charge in [0.15, 0.2) is 0 Å². The summed E-state index contributed by atoms with van der Waals surface area (Å²) in [6, 6.07) is 8.04. The topological polar surface area (TPSA) is 59.8 Å². The molecule has 1 aliphatic rings. The van der Waals surface area contributed by atoms with Crippen molar-refractivity contribution in [2.24, 2.45) is 7.05 Å². The lowest BCUT2D eigenvalue weighted by Crippen LogP contribution is -2.22. The summed E-state index contributed by atoms with van der Waals surface area (Å²) in [5.41, 5.74) is 1.10. The van der Waals surface area contributed by atoms with Crippen molar-refractivity contribution in [2.45, 2.75) is 17.7 Å². The Balaban J connectivity index is 1.81. The fraction of sp³-hybridized carbons (Fsp3) is 0.308. The molecule has 0 fully saturated rings. The predicted octanol–water partition coefficient (Wildman–Crippen LogP) is 1.95. The van der Waals surface area contributed by atoms with E-state index in [1.807, 2.05) is 18.2 Å². The third kappa shape index (κ3) is 2.23. The second kappa shape index (κ2) is 4.70. The van der Waals surface area contributed by atoms with E-state index in [2.05, 4.69) is 21.5 Å². The van der Waals surface area contributed by atoms with Gasteiger partial charge in [-0.2, -0.15) is 10.1 Å². The number of hydrogen-bond donors (Lipinski definition) is 1. The van der Waals surface area contributed by atoms with Crippen molar-refractivity contribution in [1.29, 1.82) is 0 Å². The van der Waals surface area contributed by atoms with E-state index >= 15 is 0 Å². The van der Waals surface area contributed by atoms with Crippen LogP contribution < -0.4 is 5.32 Å². The molecule has 1 amide bonds. The molecule has 0 bridgehead atoms. The van der Waals surface area contributed by atoms with Gasteiger partial charge in [-0.25, -0.2) is 4.68 Å². The average Bonchev–Trinajstić information content (AvgIpc) is 2.93. The molecule has 2 heterocycles. The summed E-state index contributed by atoms with van der Waals surface area (Å²) in [7, 11) is 1.77. The molecule has 98 valence electrons. The van der Waals surface area contributed by atoms with Crippen molar-refractivity contribution < 1.29 is 4.79 Å². The Labute approximate surface area is 115 Å². The lowest BCUT2D eigenvalue weighted by molar-refractivity contribution is -0.117. The highest BCUT2D eigenvalue weighted by atomic mass is 32.2. The maximum Gasteiger partial charge on any atom is 0.235 e. The Morgan fingerprint density at radius 2 is 2.26 bits per heavy atom. The van der Waals surface area contributed by atoms with Crippen LogP contribution in [0.2, 0.25) is 0 Å². The van der Waals surface area contributed by atoms with Gasteiger partial charge in [-0.15, -0.1) is 11.8 Å². The highest BCUT2D eigenvalue weighted by Crippen LogP contribution is 2.39. The number of thioether (sulfide) groups is 1. The fourth-order valence-electron chi connectivity index (χ4n) is 2.20. The van der Waals surface area contributed by atoms with Crippen LogP contribution in [0.1, 0.15) is 17.3 Å². The first-order chi connectivity index (χ1) is 9.15. The lowest BCUT2D eigenvalue weighted by atomic mass is 10.0. The molecular formula is C13H14N4OS. The van der Waals surface area contributed by atoms with Crippen molar-refractivity contribution in [3.8, 4) is 0 Å². The van der Waals surface area contributed by atoms with Crippen molar-refractivity contribution in [3.05, 3.63) is 35.7 Å². The van der Waals surface area contributed by atoms with Crippen molar-refractivity contribution in [3.63, 3.8) is 0 Å². The van der Waals surface area contributed by atoms with E-state index in [0.717, 1.165) is 11.3 Å². The van der Waals surface area contributed by atoms with Crippen LogP contribution >= 0.6 is 11.8 Å². The molecular weight excluding hydrogens is 260 g/mol. The van der Waals surface area contributed by atoms with Crippen LogP contribution in [0.25, 0.3) is 0 Å². The van der Waals surface area contributed by atoms with Crippen LogP contribution in [0.15, 0.2) is 29.2 Å². The summed E-state index contributed by atoms with van der Waals surface area (Å²) < 4.78 is 1.58. The molecule has 3 rings (SSSR count). The molecule has 0 aliphatic carbocycles. The summed E-state index contributed by atoms with van der Waals surface area (Å²) in [6.07, 6.45) is 0. The number of aryl methyl sites for hydroxylation is 2. The van der Waals surface area contributed by atoms with Gasteiger partial charge in [0.05, 0.1) is 5.92 Å². The van der Waals surface area contributed by atoms with Gasteiger partial charge in [0, 0.05) is 17.7 Å². The number of carbonyl (C=O) groups excluding carboxylic acids is 1. The van der Waals surface area contributed by atoms with Crippen molar-refractivity contribution >= 4 is 23.6 Å². The van der Waals surface area contributed by atoms with Gasteiger partial charge in [-0.05, 0) is 18.6 Å². The molecule has 1 aromatic heterocycles. The van der Waals surface area contributed by atoms with E-state index in [1.165, 1.54) is 4.90 Å².